The fourth-order valence-electron chi connectivity index (χ4n) is 6.75. The van der Waals surface area contributed by atoms with Gasteiger partial charge in [0, 0.05) is 45.4 Å². The average Bonchev–Trinajstić information content (AvgIpc) is 3.43. The molecule has 1 N–H and O–H groups in total. The van der Waals surface area contributed by atoms with Gasteiger partial charge in [-0.3, -0.25) is 9.97 Å². The van der Waals surface area contributed by atoms with Gasteiger partial charge in [0.25, 0.3) is 0 Å². The molecule has 0 aliphatic carbocycles. The minimum Gasteiger partial charge on any atom is -0.353 e. The minimum atomic E-state index is -0.0271. The molecular formula is C44H43N3. The number of fused-ring (bicyclic) bond motifs is 3. The number of hydrogen-bond acceptors (Lipinski definition) is 2. The van der Waals surface area contributed by atoms with Gasteiger partial charge < -0.3 is 4.98 Å². The second-order valence-electron chi connectivity index (χ2n) is 15.0. The largest absolute Gasteiger partial charge is 0.353 e. The van der Waals surface area contributed by atoms with Gasteiger partial charge in [-0.25, -0.2) is 0 Å². The van der Waals surface area contributed by atoms with Gasteiger partial charge in [-0.05, 0) is 107 Å². The van der Waals surface area contributed by atoms with Crippen LogP contribution in [0.1, 0.15) is 63.8 Å². The third-order valence-electron chi connectivity index (χ3n) is 9.49. The molecular weight excluding hydrogens is 571 g/mol. The Bertz CT molecular complexity index is 2240. The first-order valence-electron chi connectivity index (χ1n) is 16.6. The van der Waals surface area contributed by atoms with Crippen LogP contribution in [-0.2, 0) is 10.8 Å². The highest BCUT2D eigenvalue weighted by Gasteiger charge is 2.23. The molecule has 0 spiro atoms. The lowest BCUT2D eigenvalue weighted by atomic mass is 9.82. The summed E-state index contributed by atoms with van der Waals surface area (Å²) in [5.74, 6) is 0. The van der Waals surface area contributed by atoms with E-state index < -0.39 is 0 Å². The molecule has 0 atom stereocenters. The molecule has 47 heavy (non-hydrogen) atoms. The Hall–Kier alpha value is -5.02. The SMILES string of the molecule is Cc1cccc(C)c1-c1ccc(-c2cccc(-c3cc(C(C)(C)C)cc4c3[nH]c3c(-c5ccccn5)cc(C(C)(C)C)cc34)c2)nc1. The molecule has 3 nitrogen and oxygen atoms in total. The van der Waals surface area contributed by atoms with Crippen molar-refractivity contribution in [1.29, 1.82) is 0 Å². The van der Waals surface area contributed by atoms with Crippen molar-refractivity contribution in [1.82, 2.24) is 15.0 Å². The van der Waals surface area contributed by atoms with E-state index in [1.165, 1.54) is 49.7 Å². The number of hydrogen-bond donors (Lipinski definition) is 1. The molecule has 0 saturated heterocycles. The van der Waals surface area contributed by atoms with E-state index in [1.807, 2.05) is 18.5 Å². The van der Waals surface area contributed by atoms with Crippen LogP contribution in [0.2, 0.25) is 0 Å². The Kier molecular flexibility index (Phi) is 7.39. The van der Waals surface area contributed by atoms with E-state index in [9.17, 15) is 0 Å². The number of aromatic amines is 1. The second-order valence-corrected chi connectivity index (χ2v) is 15.0. The second kappa shape index (κ2) is 11.3. The number of aryl methyl sites for hydroxylation is 2. The van der Waals surface area contributed by atoms with E-state index in [1.54, 1.807) is 0 Å². The molecule has 7 aromatic rings. The molecule has 0 saturated carbocycles. The zero-order valence-electron chi connectivity index (χ0n) is 28.8. The lowest BCUT2D eigenvalue weighted by Crippen LogP contribution is -2.11. The van der Waals surface area contributed by atoms with Gasteiger partial charge in [0.05, 0.1) is 22.4 Å². The molecule has 0 aliphatic rings. The number of nitrogens with zero attached hydrogens (tertiary/aromatic N) is 2. The summed E-state index contributed by atoms with van der Waals surface area (Å²) in [6, 6.07) is 35.2. The average molecular weight is 614 g/mol. The maximum Gasteiger partial charge on any atom is 0.0723 e. The maximum absolute atomic E-state index is 4.96. The third kappa shape index (κ3) is 5.65. The summed E-state index contributed by atoms with van der Waals surface area (Å²) in [6.07, 6.45) is 3.89. The number of aromatic nitrogens is 3. The first-order chi connectivity index (χ1) is 22.4. The smallest absolute Gasteiger partial charge is 0.0723 e. The summed E-state index contributed by atoms with van der Waals surface area (Å²) in [4.78, 5) is 13.7. The molecule has 3 heteroatoms. The van der Waals surface area contributed by atoms with Crippen LogP contribution >= 0.6 is 0 Å². The van der Waals surface area contributed by atoms with Gasteiger partial charge in [-0.2, -0.15) is 0 Å². The Labute approximate surface area is 278 Å². The molecule has 3 heterocycles. The van der Waals surface area contributed by atoms with Crippen LogP contribution in [0.25, 0.3) is 66.6 Å². The van der Waals surface area contributed by atoms with Crippen LogP contribution in [-0.4, -0.2) is 15.0 Å². The molecule has 0 aliphatic heterocycles. The fourth-order valence-corrected chi connectivity index (χ4v) is 6.75. The molecule has 0 amide bonds. The minimum absolute atomic E-state index is 0.0133. The standard InChI is InChI=1S/C44H43N3/c1-27-13-11-14-28(2)40(27)31-18-19-38(46-26-31)30-16-12-15-29(21-30)34-22-32(43(3,4)5)23-35-36-24-33(44(6,7)8)25-37(42(36)47-41(34)35)39-17-9-10-20-45-39/h9-26,47H,1-8H3. The molecule has 0 radical (unpaired) electrons. The summed E-state index contributed by atoms with van der Waals surface area (Å²) in [7, 11) is 0. The summed E-state index contributed by atoms with van der Waals surface area (Å²) in [6.45, 7) is 18.1. The Balaban J connectivity index is 1.43. The zero-order valence-corrected chi connectivity index (χ0v) is 28.8. The normalized spacial score (nSPS) is 12.3. The number of pyridine rings is 2. The van der Waals surface area contributed by atoms with Gasteiger partial charge in [-0.1, -0.05) is 90.1 Å². The van der Waals surface area contributed by atoms with Crippen molar-refractivity contribution in [2.75, 3.05) is 0 Å². The van der Waals surface area contributed by atoms with E-state index in [0.29, 0.717) is 0 Å². The van der Waals surface area contributed by atoms with Crippen LogP contribution in [0.4, 0.5) is 0 Å². The van der Waals surface area contributed by atoms with Crippen LogP contribution in [0, 0.1) is 13.8 Å². The topological polar surface area (TPSA) is 41.6 Å². The van der Waals surface area contributed by atoms with Crippen molar-refractivity contribution >= 4 is 21.8 Å². The molecule has 4 aromatic carbocycles. The molecule has 7 rings (SSSR count). The lowest BCUT2D eigenvalue weighted by Gasteiger charge is -2.22. The number of benzene rings is 4. The van der Waals surface area contributed by atoms with Gasteiger partial charge in [0.15, 0.2) is 0 Å². The fraction of sp³-hybridized carbons (Fsp3) is 0.227. The quantitative estimate of drug-likeness (QED) is 0.215. The van der Waals surface area contributed by atoms with Crippen molar-refractivity contribution in [3.05, 3.63) is 132 Å². The van der Waals surface area contributed by atoms with E-state index in [-0.39, 0.29) is 10.8 Å². The van der Waals surface area contributed by atoms with Crippen LogP contribution in [0.15, 0.2) is 109 Å². The van der Waals surface area contributed by atoms with Gasteiger partial charge in [0.2, 0.25) is 0 Å². The Morgan fingerprint density at radius 1 is 0.511 bits per heavy atom. The van der Waals surface area contributed by atoms with Crippen LogP contribution < -0.4 is 0 Å². The predicted molar refractivity (Wildman–Crippen MR) is 200 cm³/mol. The summed E-state index contributed by atoms with van der Waals surface area (Å²) < 4.78 is 0. The molecule has 0 unspecified atom stereocenters. The van der Waals surface area contributed by atoms with Gasteiger partial charge in [-0.15, -0.1) is 0 Å². The van der Waals surface area contributed by atoms with E-state index in [0.717, 1.165) is 39.1 Å². The van der Waals surface area contributed by atoms with Crippen LogP contribution in [0.5, 0.6) is 0 Å². The summed E-state index contributed by atoms with van der Waals surface area (Å²) >= 11 is 0. The first-order valence-corrected chi connectivity index (χ1v) is 16.6. The molecule has 0 bridgehead atoms. The van der Waals surface area contributed by atoms with Crippen molar-refractivity contribution in [2.45, 2.75) is 66.2 Å². The summed E-state index contributed by atoms with van der Waals surface area (Å²) in [5, 5.41) is 2.48. The highest BCUT2D eigenvalue weighted by Crippen LogP contribution is 2.42. The molecule has 234 valence electrons. The lowest BCUT2D eigenvalue weighted by molar-refractivity contribution is 0.590. The third-order valence-corrected chi connectivity index (χ3v) is 9.49. The van der Waals surface area contributed by atoms with E-state index >= 15 is 0 Å². The summed E-state index contributed by atoms with van der Waals surface area (Å²) in [5.41, 5.74) is 16.3. The predicted octanol–water partition coefficient (Wildman–Crippen LogP) is 12.0. The van der Waals surface area contributed by atoms with E-state index in [4.69, 9.17) is 9.97 Å². The highest BCUT2D eigenvalue weighted by molar-refractivity contribution is 6.16. The maximum atomic E-state index is 4.96. The number of nitrogens with one attached hydrogen (secondary N) is 1. The molecule has 0 fully saturated rings. The number of rotatable bonds is 4. The first kappa shape index (κ1) is 30.6. The van der Waals surface area contributed by atoms with Gasteiger partial charge in [0.1, 0.15) is 0 Å². The highest BCUT2D eigenvalue weighted by atomic mass is 14.7. The van der Waals surface area contributed by atoms with Crippen molar-refractivity contribution in [3.63, 3.8) is 0 Å². The van der Waals surface area contributed by atoms with Gasteiger partial charge >= 0.3 is 0 Å². The molecule has 3 aromatic heterocycles. The van der Waals surface area contributed by atoms with Crippen LogP contribution in [0.3, 0.4) is 0 Å². The monoisotopic (exact) mass is 613 g/mol. The Morgan fingerprint density at radius 2 is 1.13 bits per heavy atom. The zero-order chi connectivity index (χ0) is 33.1. The van der Waals surface area contributed by atoms with E-state index in [2.05, 4.69) is 151 Å². The van der Waals surface area contributed by atoms with Crippen molar-refractivity contribution in [3.8, 4) is 44.8 Å². The van der Waals surface area contributed by atoms with Crippen molar-refractivity contribution < 1.29 is 0 Å². The van der Waals surface area contributed by atoms with Crippen molar-refractivity contribution in [2.24, 2.45) is 0 Å². The number of H-pyrrole nitrogens is 1. The Morgan fingerprint density at radius 3 is 1.72 bits per heavy atom.